The highest BCUT2D eigenvalue weighted by atomic mass is 16.5. The highest BCUT2D eigenvalue weighted by Crippen LogP contribution is 2.08. The summed E-state index contributed by atoms with van der Waals surface area (Å²) in [4.78, 5) is 29.3. The van der Waals surface area contributed by atoms with Gasteiger partial charge in [0, 0.05) is 25.4 Å². The third-order valence-corrected chi connectivity index (χ3v) is 4.47. The second-order valence-corrected chi connectivity index (χ2v) is 7.13. The Morgan fingerprint density at radius 2 is 1.86 bits per heavy atom. The Balaban J connectivity index is 1.47. The minimum Gasteiger partial charge on any atom is -0.484 e. The third kappa shape index (κ3) is 5.81. The molecule has 152 valence electrons. The van der Waals surface area contributed by atoms with Gasteiger partial charge >= 0.3 is 0 Å². The van der Waals surface area contributed by atoms with Crippen molar-refractivity contribution in [2.24, 2.45) is 5.92 Å². The Kier molecular flexibility index (Phi) is 6.84. The Labute approximate surface area is 170 Å². The molecule has 7 nitrogen and oxygen atoms in total. The first-order valence-corrected chi connectivity index (χ1v) is 9.70. The molecule has 0 spiro atoms. The van der Waals surface area contributed by atoms with Crippen LogP contribution < -0.4 is 15.4 Å². The molecule has 2 amide bonds. The van der Waals surface area contributed by atoms with E-state index in [1.807, 2.05) is 67.0 Å². The molecule has 0 fully saturated rings. The van der Waals surface area contributed by atoms with Crippen LogP contribution in [0, 0.1) is 5.92 Å². The molecule has 0 aliphatic rings. The van der Waals surface area contributed by atoms with Crippen LogP contribution >= 0.6 is 0 Å². The number of para-hydroxylation sites is 1. The zero-order valence-corrected chi connectivity index (χ0v) is 16.7. The Morgan fingerprint density at radius 1 is 1.10 bits per heavy atom. The molecule has 3 rings (SSSR count). The van der Waals surface area contributed by atoms with Crippen LogP contribution in [0.15, 0.2) is 60.9 Å². The Bertz CT molecular complexity index is 920. The molecule has 0 bridgehead atoms. The van der Waals surface area contributed by atoms with Crippen molar-refractivity contribution < 1.29 is 14.3 Å². The van der Waals surface area contributed by atoms with Crippen LogP contribution in [0.2, 0.25) is 0 Å². The molecule has 0 saturated heterocycles. The molecular formula is C22H26N4O3. The lowest BCUT2D eigenvalue weighted by Crippen LogP contribution is -2.51. The minimum atomic E-state index is -0.622. The monoisotopic (exact) mass is 394 g/mol. The lowest BCUT2D eigenvalue weighted by atomic mass is 10.0. The predicted octanol–water partition coefficient (Wildman–Crippen LogP) is 2.21. The Morgan fingerprint density at radius 3 is 2.59 bits per heavy atom. The van der Waals surface area contributed by atoms with Crippen molar-refractivity contribution in [3.05, 3.63) is 66.6 Å². The number of amides is 2. The van der Waals surface area contributed by atoms with Gasteiger partial charge in [-0.2, -0.15) is 0 Å². The van der Waals surface area contributed by atoms with Crippen molar-refractivity contribution in [3.8, 4) is 5.75 Å². The summed E-state index contributed by atoms with van der Waals surface area (Å²) in [5.74, 6) is 0.0198. The maximum absolute atomic E-state index is 12.6. The maximum atomic E-state index is 12.6. The zero-order valence-electron chi connectivity index (χ0n) is 16.7. The summed E-state index contributed by atoms with van der Waals surface area (Å²) in [6.45, 7) is 4.10. The first kappa shape index (κ1) is 20.4. The lowest BCUT2D eigenvalue weighted by molar-refractivity contribution is -0.131. The molecule has 2 heterocycles. The molecular weight excluding hydrogens is 368 g/mol. The van der Waals surface area contributed by atoms with E-state index in [0.717, 1.165) is 11.3 Å². The van der Waals surface area contributed by atoms with Gasteiger partial charge in [0.05, 0.1) is 5.69 Å². The molecule has 7 heteroatoms. The molecule has 2 aromatic heterocycles. The van der Waals surface area contributed by atoms with E-state index in [0.29, 0.717) is 18.7 Å². The third-order valence-electron chi connectivity index (χ3n) is 4.47. The van der Waals surface area contributed by atoms with E-state index in [9.17, 15) is 9.59 Å². The van der Waals surface area contributed by atoms with Crippen molar-refractivity contribution in [2.75, 3.05) is 13.2 Å². The number of carbonyl (C=O) groups excluding carboxylic acids is 2. The molecule has 0 saturated carbocycles. The fourth-order valence-corrected chi connectivity index (χ4v) is 2.95. The number of rotatable bonds is 9. The number of fused-ring (bicyclic) bond motifs is 1. The number of benzene rings is 1. The molecule has 3 aromatic rings. The van der Waals surface area contributed by atoms with Crippen LogP contribution in [0.4, 0.5) is 0 Å². The highest BCUT2D eigenvalue weighted by Gasteiger charge is 2.24. The summed E-state index contributed by atoms with van der Waals surface area (Å²) in [7, 11) is 0. The van der Waals surface area contributed by atoms with E-state index in [1.54, 1.807) is 12.1 Å². The topological polar surface area (TPSA) is 84.7 Å². The quantitative estimate of drug-likeness (QED) is 0.583. The number of imidazole rings is 1. The van der Waals surface area contributed by atoms with E-state index in [-0.39, 0.29) is 24.3 Å². The second kappa shape index (κ2) is 9.73. The van der Waals surface area contributed by atoms with Gasteiger partial charge in [-0.05, 0) is 30.2 Å². The largest absolute Gasteiger partial charge is 0.484 e. The first-order chi connectivity index (χ1) is 14.0. The number of hydrogen-bond donors (Lipinski definition) is 2. The SMILES string of the molecule is CC(C)C(NC(=O)COc1ccccc1)C(=O)NCCc1cn2ccccc2n1. The average Bonchev–Trinajstić information content (AvgIpc) is 3.13. The van der Waals surface area contributed by atoms with Crippen LogP contribution in [-0.2, 0) is 16.0 Å². The number of ether oxygens (including phenoxy) is 1. The summed E-state index contributed by atoms with van der Waals surface area (Å²) in [5.41, 5.74) is 1.78. The number of hydrogen-bond acceptors (Lipinski definition) is 4. The number of nitrogens with zero attached hydrogens (tertiary/aromatic N) is 2. The van der Waals surface area contributed by atoms with Gasteiger partial charge in [-0.15, -0.1) is 0 Å². The molecule has 1 unspecified atom stereocenters. The summed E-state index contributed by atoms with van der Waals surface area (Å²) in [6, 6.07) is 14.3. The maximum Gasteiger partial charge on any atom is 0.258 e. The molecule has 0 aliphatic heterocycles. The summed E-state index contributed by atoms with van der Waals surface area (Å²) < 4.78 is 7.39. The lowest BCUT2D eigenvalue weighted by Gasteiger charge is -2.21. The van der Waals surface area contributed by atoms with Crippen LogP contribution in [0.3, 0.4) is 0 Å². The standard InChI is InChI=1S/C22H26N4O3/c1-16(2)21(25-20(27)15-29-18-8-4-3-5-9-18)22(28)23-12-11-17-14-26-13-7-6-10-19(26)24-17/h3-10,13-14,16,21H,11-12,15H2,1-2H3,(H,23,28)(H,25,27). The number of aromatic nitrogens is 2. The van der Waals surface area contributed by atoms with Crippen molar-refractivity contribution >= 4 is 17.5 Å². The van der Waals surface area contributed by atoms with Gasteiger partial charge in [-0.25, -0.2) is 4.98 Å². The van der Waals surface area contributed by atoms with E-state index in [1.165, 1.54) is 0 Å². The van der Waals surface area contributed by atoms with Gasteiger partial charge in [0.2, 0.25) is 5.91 Å². The van der Waals surface area contributed by atoms with Gasteiger partial charge in [-0.1, -0.05) is 38.1 Å². The van der Waals surface area contributed by atoms with Crippen LogP contribution in [-0.4, -0.2) is 40.4 Å². The normalized spacial score (nSPS) is 12.0. The van der Waals surface area contributed by atoms with Gasteiger partial charge in [0.25, 0.3) is 5.91 Å². The summed E-state index contributed by atoms with van der Waals surface area (Å²) >= 11 is 0. The van der Waals surface area contributed by atoms with Crippen molar-refractivity contribution in [3.63, 3.8) is 0 Å². The van der Waals surface area contributed by atoms with Crippen molar-refractivity contribution in [2.45, 2.75) is 26.3 Å². The number of nitrogens with one attached hydrogen (secondary N) is 2. The van der Waals surface area contributed by atoms with Crippen LogP contribution in [0.5, 0.6) is 5.75 Å². The van der Waals surface area contributed by atoms with Crippen molar-refractivity contribution in [1.29, 1.82) is 0 Å². The van der Waals surface area contributed by atoms with Crippen LogP contribution in [0.1, 0.15) is 19.5 Å². The molecule has 29 heavy (non-hydrogen) atoms. The van der Waals surface area contributed by atoms with E-state index < -0.39 is 6.04 Å². The molecule has 2 N–H and O–H groups in total. The first-order valence-electron chi connectivity index (χ1n) is 9.70. The smallest absolute Gasteiger partial charge is 0.258 e. The molecule has 1 aromatic carbocycles. The van der Waals surface area contributed by atoms with E-state index in [2.05, 4.69) is 15.6 Å². The van der Waals surface area contributed by atoms with Gasteiger partial charge in [-0.3, -0.25) is 9.59 Å². The predicted molar refractivity (Wildman–Crippen MR) is 111 cm³/mol. The fraction of sp³-hybridized carbons (Fsp3) is 0.318. The number of pyridine rings is 1. The second-order valence-electron chi connectivity index (χ2n) is 7.13. The molecule has 0 radical (unpaired) electrons. The summed E-state index contributed by atoms with van der Waals surface area (Å²) in [6.07, 6.45) is 4.50. The van der Waals surface area contributed by atoms with E-state index >= 15 is 0 Å². The average molecular weight is 394 g/mol. The van der Waals surface area contributed by atoms with Gasteiger partial charge in [0.1, 0.15) is 17.4 Å². The zero-order chi connectivity index (χ0) is 20.6. The number of carbonyl (C=O) groups is 2. The Hall–Kier alpha value is -3.35. The molecule has 1 atom stereocenters. The van der Waals surface area contributed by atoms with Crippen molar-refractivity contribution in [1.82, 2.24) is 20.0 Å². The summed E-state index contributed by atoms with van der Waals surface area (Å²) in [5, 5.41) is 5.65. The van der Waals surface area contributed by atoms with E-state index in [4.69, 9.17) is 4.74 Å². The highest BCUT2D eigenvalue weighted by molar-refractivity contribution is 5.88. The van der Waals surface area contributed by atoms with Crippen LogP contribution in [0.25, 0.3) is 5.65 Å². The fourth-order valence-electron chi connectivity index (χ4n) is 2.95. The van der Waals surface area contributed by atoms with Gasteiger partial charge in [0.15, 0.2) is 6.61 Å². The minimum absolute atomic E-state index is 0.0501. The molecule has 0 aliphatic carbocycles. The van der Waals surface area contributed by atoms with Gasteiger partial charge < -0.3 is 19.8 Å².